The van der Waals surface area contributed by atoms with Gasteiger partial charge in [0.05, 0.1) is 11.4 Å². The van der Waals surface area contributed by atoms with Crippen molar-refractivity contribution in [3.8, 4) is 0 Å². The molecule has 0 radical (unpaired) electrons. The van der Waals surface area contributed by atoms with Crippen molar-refractivity contribution < 1.29 is 4.79 Å². The molecule has 2 atom stereocenters. The van der Waals surface area contributed by atoms with Crippen LogP contribution in [0.2, 0.25) is 5.02 Å². The highest BCUT2D eigenvalue weighted by molar-refractivity contribution is 6.31. The van der Waals surface area contributed by atoms with E-state index < -0.39 is 0 Å². The molecule has 1 aliphatic rings. The van der Waals surface area contributed by atoms with E-state index in [1.165, 1.54) is 0 Å². The van der Waals surface area contributed by atoms with Crippen LogP contribution < -0.4 is 4.90 Å². The molecule has 5 rings (SSSR count). The smallest absolute Gasteiger partial charge is 0.230 e. The zero-order valence-electron chi connectivity index (χ0n) is 19.1. The van der Waals surface area contributed by atoms with Crippen molar-refractivity contribution in [3.05, 3.63) is 64.9 Å². The molecule has 0 aliphatic carbocycles. The first-order chi connectivity index (χ1) is 16.0. The van der Waals surface area contributed by atoms with Crippen molar-refractivity contribution in [2.45, 2.75) is 39.2 Å². The van der Waals surface area contributed by atoms with Gasteiger partial charge in [0.1, 0.15) is 5.82 Å². The summed E-state index contributed by atoms with van der Waals surface area (Å²) in [4.78, 5) is 22.7. The number of hydrogen-bond acceptors (Lipinski definition) is 5. The summed E-state index contributed by atoms with van der Waals surface area (Å²) in [6, 6.07) is 15.8. The fourth-order valence-electron chi connectivity index (χ4n) is 4.84. The van der Waals surface area contributed by atoms with Gasteiger partial charge in [0.15, 0.2) is 5.65 Å². The molecule has 0 spiro atoms. The maximum atomic E-state index is 13.5. The fraction of sp³-hybridized carbons (Fsp3) is 0.360. The molecule has 4 aromatic rings. The number of piperazine rings is 1. The lowest BCUT2D eigenvalue weighted by atomic mass is 9.94. The Balaban J connectivity index is 1.45. The van der Waals surface area contributed by atoms with Gasteiger partial charge in [0, 0.05) is 36.1 Å². The molecule has 3 heterocycles. The summed E-state index contributed by atoms with van der Waals surface area (Å²) in [5.74, 6) is 1.65. The van der Waals surface area contributed by atoms with Gasteiger partial charge in [-0.1, -0.05) is 48.9 Å². The van der Waals surface area contributed by atoms with Crippen molar-refractivity contribution in [3.63, 3.8) is 0 Å². The van der Waals surface area contributed by atoms with Crippen LogP contribution >= 0.6 is 11.6 Å². The Kier molecular flexibility index (Phi) is 5.66. The predicted octanol–water partition coefficient (Wildman–Crippen LogP) is 4.47. The van der Waals surface area contributed by atoms with Crippen molar-refractivity contribution in [2.75, 3.05) is 24.5 Å². The summed E-state index contributed by atoms with van der Waals surface area (Å²) < 4.78 is 2.00. The molecule has 33 heavy (non-hydrogen) atoms. The molecule has 1 saturated heterocycles. The number of anilines is 1. The molecule has 0 saturated carbocycles. The minimum atomic E-state index is -0.118. The molecular weight excluding hydrogens is 436 g/mol. The van der Waals surface area contributed by atoms with Gasteiger partial charge in [0.2, 0.25) is 11.9 Å². The fourth-order valence-corrected chi connectivity index (χ4v) is 5.00. The minimum absolute atomic E-state index is 0.0488. The van der Waals surface area contributed by atoms with E-state index in [0.29, 0.717) is 24.7 Å². The third-order valence-electron chi connectivity index (χ3n) is 6.55. The molecule has 7 nitrogen and oxygen atoms in total. The van der Waals surface area contributed by atoms with Gasteiger partial charge < -0.3 is 9.80 Å². The summed E-state index contributed by atoms with van der Waals surface area (Å²) in [6.45, 7) is 8.13. The lowest BCUT2D eigenvalue weighted by Crippen LogP contribution is -2.55. The van der Waals surface area contributed by atoms with Crippen molar-refractivity contribution in [1.29, 1.82) is 0 Å². The van der Waals surface area contributed by atoms with Gasteiger partial charge >= 0.3 is 0 Å². The van der Waals surface area contributed by atoms with E-state index in [9.17, 15) is 4.79 Å². The maximum absolute atomic E-state index is 13.5. The second-order valence-electron chi connectivity index (χ2n) is 8.68. The molecular formula is C25H27ClN6O. The van der Waals surface area contributed by atoms with E-state index in [0.717, 1.165) is 40.3 Å². The zero-order valence-corrected chi connectivity index (χ0v) is 19.8. The lowest BCUT2D eigenvalue weighted by molar-refractivity contribution is -0.135. The van der Waals surface area contributed by atoms with E-state index in [-0.39, 0.29) is 17.9 Å². The van der Waals surface area contributed by atoms with Gasteiger partial charge in [-0.25, -0.2) is 9.38 Å². The monoisotopic (exact) mass is 462 g/mol. The standard InChI is InChI=1S/C25H27ClN6O/c1-4-20(18-8-6-5-7-9-18)24(33)31-13-12-30(15-16(31)2)25-27-22-14-19(26)10-11-21(22)23-29-28-17(3)32(23)25/h5-11,14,16,20H,4,12-13,15H2,1-3H3/t16-,20-/m1/s1. The highest BCUT2D eigenvalue weighted by Gasteiger charge is 2.33. The van der Waals surface area contributed by atoms with E-state index in [2.05, 4.69) is 28.9 Å². The van der Waals surface area contributed by atoms with E-state index in [1.807, 2.05) is 64.8 Å². The summed E-state index contributed by atoms with van der Waals surface area (Å²) in [6.07, 6.45) is 0.781. The number of aryl methyl sites for hydroxylation is 1. The van der Waals surface area contributed by atoms with Crippen LogP contribution in [0.3, 0.4) is 0 Å². The van der Waals surface area contributed by atoms with Crippen LogP contribution in [0.1, 0.15) is 37.6 Å². The van der Waals surface area contributed by atoms with Crippen LogP contribution in [0.15, 0.2) is 48.5 Å². The number of rotatable bonds is 4. The summed E-state index contributed by atoms with van der Waals surface area (Å²) >= 11 is 6.24. The van der Waals surface area contributed by atoms with Gasteiger partial charge in [-0.3, -0.25) is 4.79 Å². The zero-order chi connectivity index (χ0) is 23.1. The number of benzene rings is 2. The Morgan fingerprint density at radius 1 is 1.15 bits per heavy atom. The number of aromatic nitrogens is 4. The number of carbonyl (C=O) groups excluding carboxylic acids is 1. The number of fused-ring (bicyclic) bond motifs is 3. The minimum Gasteiger partial charge on any atom is -0.338 e. The van der Waals surface area contributed by atoms with Crippen LogP contribution in [0, 0.1) is 6.92 Å². The highest BCUT2D eigenvalue weighted by atomic mass is 35.5. The Hall–Kier alpha value is -3.19. The van der Waals surface area contributed by atoms with E-state index in [4.69, 9.17) is 16.6 Å². The second-order valence-corrected chi connectivity index (χ2v) is 9.11. The van der Waals surface area contributed by atoms with Crippen molar-refractivity contribution in [2.24, 2.45) is 0 Å². The van der Waals surface area contributed by atoms with Crippen LogP contribution in [0.25, 0.3) is 16.6 Å². The molecule has 0 bridgehead atoms. The molecule has 8 heteroatoms. The summed E-state index contributed by atoms with van der Waals surface area (Å²) in [5.41, 5.74) is 2.64. The number of hydrogen-bond donors (Lipinski definition) is 0. The van der Waals surface area contributed by atoms with Gasteiger partial charge in [-0.15, -0.1) is 10.2 Å². The molecule has 1 amide bonds. The molecule has 2 aromatic heterocycles. The second kappa shape index (κ2) is 8.63. The maximum Gasteiger partial charge on any atom is 0.230 e. The Morgan fingerprint density at radius 3 is 2.67 bits per heavy atom. The molecule has 170 valence electrons. The first kappa shape index (κ1) is 21.6. The molecule has 0 unspecified atom stereocenters. The Morgan fingerprint density at radius 2 is 1.94 bits per heavy atom. The summed E-state index contributed by atoms with van der Waals surface area (Å²) in [5, 5.41) is 10.3. The first-order valence-corrected chi connectivity index (χ1v) is 11.8. The van der Waals surface area contributed by atoms with E-state index in [1.54, 1.807) is 0 Å². The van der Waals surface area contributed by atoms with Gasteiger partial charge in [-0.05, 0) is 44.0 Å². The largest absolute Gasteiger partial charge is 0.338 e. The third kappa shape index (κ3) is 3.80. The highest BCUT2D eigenvalue weighted by Crippen LogP contribution is 2.29. The third-order valence-corrected chi connectivity index (χ3v) is 6.78. The molecule has 1 aliphatic heterocycles. The predicted molar refractivity (Wildman–Crippen MR) is 131 cm³/mol. The average Bonchev–Trinajstić information content (AvgIpc) is 3.21. The SMILES string of the molecule is CC[C@@H](C(=O)N1CCN(c2nc3cc(Cl)ccc3c3nnc(C)n23)C[C@H]1C)c1ccccc1. The quantitative estimate of drug-likeness (QED) is 0.447. The Bertz CT molecular complexity index is 1320. The van der Waals surface area contributed by atoms with Crippen molar-refractivity contribution in [1.82, 2.24) is 24.5 Å². The average molecular weight is 463 g/mol. The normalized spacial score (nSPS) is 17.6. The van der Waals surface area contributed by atoms with Crippen LogP contribution in [0.4, 0.5) is 5.95 Å². The Labute approximate surface area is 198 Å². The van der Waals surface area contributed by atoms with Crippen LogP contribution in [-0.2, 0) is 4.79 Å². The summed E-state index contributed by atoms with van der Waals surface area (Å²) in [7, 11) is 0. The number of nitrogens with zero attached hydrogens (tertiary/aromatic N) is 6. The number of amides is 1. The molecule has 2 aromatic carbocycles. The van der Waals surface area contributed by atoms with Crippen molar-refractivity contribution >= 4 is 40.0 Å². The van der Waals surface area contributed by atoms with Gasteiger partial charge in [0.25, 0.3) is 0 Å². The molecule has 1 fully saturated rings. The number of carbonyl (C=O) groups is 1. The van der Waals surface area contributed by atoms with Crippen LogP contribution in [0.5, 0.6) is 0 Å². The van der Waals surface area contributed by atoms with E-state index >= 15 is 0 Å². The number of halogens is 1. The topological polar surface area (TPSA) is 66.6 Å². The lowest BCUT2D eigenvalue weighted by Gasteiger charge is -2.41. The van der Waals surface area contributed by atoms with Gasteiger partial charge in [-0.2, -0.15) is 0 Å². The molecule has 0 N–H and O–H groups in total. The first-order valence-electron chi connectivity index (χ1n) is 11.4. The van der Waals surface area contributed by atoms with Crippen LogP contribution in [-0.4, -0.2) is 56.1 Å².